The van der Waals surface area contributed by atoms with Crippen LogP contribution in [-0.4, -0.2) is 26.8 Å². The molecule has 1 N–H and O–H groups in total. The maximum absolute atomic E-state index is 12.6. The third-order valence-electron chi connectivity index (χ3n) is 4.84. The Morgan fingerprint density at radius 3 is 2.62 bits per heavy atom. The molecular formula is C19H15N3O2. The van der Waals surface area contributed by atoms with Crippen LogP contribution in [0.1, 0.15) is 28.8 Å². The molecule has 0 saturated heterocycles. The van der Waals surface area contributed by atoms with Crippen LogP contribution in [0.3, 0.4) is 0 Å². The van der Waals surface area contributed by atoms with E-state index >= 15 is 0 Å². The summed E-state index contributed by atoms with van der Waals surface area (Å²) in [5.41, 5.74) is 4.01. The number of aromatic nitrogens is 2. The summed E-state index contributed by atoms with van der Waals surface area (Å²) in [7, 11) is 0. The average Bonchev–Trinajstić information content (AvgIpc) is 3.38. The second-order valence-corrected chi connectivity index (χ2v) is 6.43. The van der Waals surface area contributed by atoms with Gasteiger partial charge in [0.15, 0.2) is 0 Å². The maximum atomic E-state index is 12.6. The summed E-state index contributed by atoms with van der Waals surface area (Å²) in [6.07, 6.45) is 2.15. The zero-order valence-corrected chi connectivity index (χ0v) is 13.0. The van der Waals surface area contributed by atoms with Crippen LogP contribution in [0.2, 0.25) is 0 Å². The van der Waals surface area contributed by atoms with Gasteiger partial charge in [0.05, 0.1) is 11.0 Å². The van der Waals surface area contributed by atoms with Gasteiger partial charge < -0.3 is 9.88 Å². The standard InChI is InChI=1S/C19H15N3O2/c23-18-17(20-15-6-1-2-7-16(15)21-18)12-4-3-5-13-14(12)10-22(19(13)24)11-8-9-11/h1-7,11H,8-10H2,(H,21,23). The van der Waals surface area contributed by atoms with E-state index in [1.165, 1.54) is 0 Å². The maximum Gasteiger partial charge on any atom is 0.274 e. The molecule has 1 aliphatic carbocycles. The van der Waals surface area contributed by atoms with E-state index in [4.69, 9.17) is 0 Å². The molecule has 1 aromatic heterocycles. The van der Waals surface area contributed by atoms with Crippen LogP contribution >= 0.6 is 0 Å². The Hall–Kier alpha value is -2.95. The molecule has 24 heavy (non-hydrogen) atoms. The van der Waals surface area contributed by atoms with Crippen molar-refractivity contribution >= 4 is 16.9 Å². The van der Waals surface area contributed by atoms with Crippen molar-refractivity contribution in [1.82, 2.24) is 14.9 Å². The van der Waals surface area contributed by atoms with Gasteiger partial charge in [0.25, 0.3) is 11.5 Å². The smallest absolute Gasteiger partial charge is 0.274 e. The number of carbonyl (C=O) groups is 1. The van der Waals surface area contributed by atoms with Gasteiger partial charge in [-0.15, -0.1) is 0 Å². The van der Waals surface area contributed by atoms with Crippen molar-refractivity contribution in [2.75, 3.05) is 0 Å². The lowest BCUT2D eigenvalue weighted by Gasteiger charge is -2.13. The number of nitrogens with one attached hydrogen (secondary N) is 1. The Morgan fingerprint density at radius 2 is 1.79 bits per heavy atom. The quantitative estimate of drug-likeness (QED) is 0.790. The van der Waals surface area contributed by atoms with E-state index in [-0.39, 0.29) is 11.5 Å². The molecule has 0 radical (unpaired) electrons. The predicted octanol–water partition coefficient (Wildman–Crippen LogP) is 2.71. The molecule has 5 nitrogen and oxygen atoms in total. The summed E-state index contributed by atoms with van der Waals surface area (Å²) in [6, 6.07) is 13.4. The van der Waals surface area contributed by atoms with Gasteiger partial charge in [0.1, 0.15) is 5.69 Å². The molecule has 2 heterocycles. The minimum atomic E-state index is -0.223. The van der Waals surface area contributed by atoms with E-state index in [1.807, 2.05) is 47.4 Å². The lowest BCUT2D eigenvalue weighted by Crippen LogP contribution is -2.25. The number of fused-ring (bicyclic) bond motifs is 2. The second kappa shape index (κ2) is 4.77. The first kappa shape index (κ1) is 13.5. The van der Waals surface area contributed by atoms with E-state index in [0.29, 0.717) is 23.8 Å². The number of para-hydroxylation sites is 2. The van der Waals surface area contributed by atoms with Crippen molar-refractivity contribution in [2.24, 2.45) is 0 Å². The van der Waals surface area contributed by atoms with Crippen LogP contribution < -0.4 is 5.56 Å². The number of hydrogen-bond acceptors (Lipinski definition) is 3. The number of amides is 1. The fraction of sp³-hybridized carbons (Fsp3) is 0.211. The highest BCUT2D eigenvalue weighted by Gasteiger charge is 2.39. The van der Waals surface area contributed by atoms with Crippen molar-refractivity contribution in [3.05, 3.63) is 63.9 Å². The molecule has 1 aliphatic heterocycles. The summed E-state index contributed by atoms with van der Waals surface area (Å²) >= 11 is 0. The number of H-pyrrole nitrogens is 1. The zero-order valence-electron chi connectivity index (χ0n) is 13.0. The summed E-state index contributed by atoms with van der Waals surface area (Å²) < 4.78 is 0. The van der Waals surface area contributed by atoms with Crippen molar-refractivity contribution in [3.8, 4) is 11.3 Å². The topological polar surface area (TPSA) is 66.1 Å². The molecule has 0 spiro atoms. The third kappa shape index (κ3) is 1.91. The molecule has 5 heteroatoms. The van der Waals surface area contributed by atoms with Crippen LogP contribution in [0.25, 0.3) is 22.3 Å². The first-order valence-corrected chi connectivity index (χ1v) is 8.14. The number of hydrogen-bond donors (Lipinski definition) is 1. The van der Waals surface area contributed by atoms with Gasteiger partial charge in [-0.1, -0.05) is 24.3 Å². The Morgan fingerprint density at radius 1 is 1.00 bits per heavy atom. The number of aromatic amines is 1. The monoisotopic (exact) mass is 317 g/mol. The Balaban J connectivity index is 1.71. The zero-order chi connectivity index (χ0) is 16.3. The largest absolute Gasteiger partial charge is 0.331 e. The molecule has 0 atom stereocenters. The van der Waals surface area contributed by atoms with E-state index < -0.39 is 0 Å². The van der Waals surface area contributed by atoms with Crippen molar-refractivity contribution < 1.29 is 4.79 Å². The first-order chi connectivity index (χ1) is 11.7. The summed E-state index contributed by atoms with van der Waals surface area (Å²) in [5, 5.41) is 0. The van der Waals surface area contributed by atoms with Crippen LogP contribution in [0, 0.1) is 0 Å². The molecule has 1 amide bonds. The van der Waals surface area contributed by atoms with Gasteiger partial charge in [-0.05, 0) is 36.6 Å². The second-order valence-electron chi connectivity index (χ2n) is 6.43. The van der Waals surface area contributed by atoms with Crippen LogP contribution in [0.5, 0.6) is 0 Å². The predicted molar refractivity (Wildman–Crippen MR) is 90.7 cm³/mol. The van der Waals surface area contributed by atoms with Crippen molar-refractivity contribution in [2.45, 2.75) is 25.4 Å². The van der Waals surface area contributed by atoms with Gasteiger partial charge in [-0.25, -0.2) is 4.98 Å². The number of rotatable bonds is 2. The summed E-state index contributed by atoms with van der Waals surface area (Å²) in [5.74, 6) is 0.0755. The lowest BCUT2D eigenvalue weighted by molar-refractivity contribution is 0.0766. The third-order valence-corrected chi connectivity index (χ3v) is 4.84. The van der Waals surface area contributed by atoms with E-state index in [1.54, 1.807) is 0 Å². The van der Waals surface area contributed by atoms with E-state index in [0.717, 1.165) is 35.0 Å². The number of carbonyl (C=O) groups excluding carboxylic acids is 1. The Labute approximate surface area is 138 Å². The van der Waals surface area contributed by atoms with E-state index in [2.05, 4.69) is 9.97 Å². The first-order valence-electron chi connectivity index (χ1n) is 8.14. The molecule has 2 aromatic carbocycles. The van der Waals surface area contributed by atoms with Crippen LogP contribution in [-0.2, 0) is 6.54 Å². The van der Waals surface area contributed by atoms with Crippen LogP contribution in [0.4, 0.5) is 0 Å². The van der Waals surface area contributed by atoms with Crippen LogP contribution in [0.15, 0.2) is 47.3 Å². The molecule has 0 bridgehead atoms. The fourth-order valence-electron chi connectivity index (χ4n) is 3.47. The Kier molecular flexibility index (Phi) is 2.68. The lowest BCUT2D eigenvalue weighted by atomic mass is 10.0. The number of benzene rings is 2. The van der Waals surface area contributed by atoms with Crippen molar-refractivity contribution in [1.29, 1.82) is 0 Å². The molecular weight excluding hydrogens is 302 g/mol. The highest BCUT2D eigenvalue weighted by atomic mass is 16.2. The number of nitrogens with zero attached hydrogens (tertiary/aromatic N) is 2. The van der Waals surface area contributed by atoms with Gasteiger partial charge in [-0.3, -0.25) is 9.59 Å². The SMILES string of the molecule is O=C1c2cccc(-c3nc4ccccc4[nH]c3=O)c2CN1C1CC1. The normalized spacial score (nSPS) is 16.7. The average molecular weight is 317 g/mol. The van der Waals surface area contributed by atoms with E-state index in [9.17, 15) is 9.59 Å². The molecule has 118 valence electrons. The minimum Gasteiger partial charge on any atom is -0.331 e. The van der Waals surface area contributed by atoms with Gasteiger partial charge in [0, 0.05) is 23.7 Å². The molecule has 1 saturated carbocycles. The highest BCUT2D eigenvalue weighted by molar-refractivity contribution is 6.00. The minimum absolute atomic E-state index is 0.0755. The van der Waals surface area contributed by atoms with Gasteiger partial charge in [0.2, 0.25) is 0 Å². The summed E-state index contributed by atoms with van der Waals surface area (Å²) in [4.78, 5) is 34.5. The molecule has 2 aliphatic rings. The highest BCUT2D eigenvalue weighted by Crippen LogP contribution is 2.37. The molecule has 5 rings (SSSR count). The Bertz CT molecular complexity index is 1050. The molecule has 3 aromatic rings. The fourth-order valence-corrected chi connectivity index (χ4v) is 3.47. The van der Waals surface area contributed by atoms with Crippen molar-refractivity contribution in [3.63, 3.8) is 0 Å². The van der Waals surface area contributed by atoms with Gasteiger partial charge >= 0.3 is 0 Å². The summed E-state index contributed by atoms with van der Waals surface area (Å²) in [6.45, 7) is 0.572. The molecule has 0 unspecified atom stereocenters. The molecule has 1 fully saturated rings. The van der Waals surface area contributed by atoms with Gasteiger partial charge in [-0.2, -0.15) is 0 Å².